The Morgan fingerprint density at radius 2 is 1.78 bits per heavy atom. The third-order valence-corrected chi connectivity index (χ3v) is 8.38. The molecule has 2 N–H and O–H groups in total. The zero-order valence-corrected chi connectivity index (χ0v) is 26.1. The third-order valence-electron chi connectivity index (χ3n) is 8.12. The normalized spacial score (nSPS) is 20.0. The molecule has 1 aromatic rings. The number of ether oxygens (including phenoxy) is 2. The monoisotopic (exact) mass is 590 g/mol. The summed E-state index contributed by atoms with van der Waals surface area (Å²) in [6, 6.07) is 6.25. The summed E-state index contributed by atoms with van der Waals surface area (Å²) >= 11 is 5.68. The number of aromatic hydroxyl groups is 1. The number of aliphatic imine (C=N–C) groups is 1. The molecule has 0 spiro atoms. The quantitative estimate of drug-likeness (QED) is 0.165. The van der Waals surface area contributed by atoms with Crippen LogP contribution in [-0.2, 0) is 14.3 Å². The predicted molar refractivity (Wildman–Crippen MR) is 169 cm³/mol. The minimum atomic E-state index is 0.0597. The van der Waals surface area contributed by atoms with Crippen molar-refractivity contribution in [3.05, 3.63) is 29.5 Å². The maximum atomic E-state index is 12.7. The van der Waals surface area contributed by atoms with Crippen LogP contribution < -0.4 is 10.2 Å². The van der Waals surface area contributed by atoms with E-state index >= 15 is 0 Å². The number of amidine groups is 1. The lowest BCUT2D eigenvalue weighted by Crippen LogP contribution is -2.42. The second-order valence-electron chi connectivity index (χ2n) is 11.0. The van der Waals surface area contributed by atoms with Gasteiger partial charge >= 0.3 is 0 Å². The molecular weight excluding hydrogens is 540 g/mol. The fourth-order valence-corrected chi connectivity index (χ4v) is 5.89. The fourth-order valence-electron chi connectivity index (χ4n) is 5.70. The molecule has 0 unspecified atom stereocenters. The number of anilines is 1. The molecule has 1 fully saturated rings. The van der Waals surface area contributed by atoms with Gasteiger partial charge < -0.3 is 29.7 Å². The van der Waals surface area contributed by atoms with Gasteiger partial charge in [0.05, 0.1) is 32.1 Å². The van der Waals surface area contributed by atoms with Crippen LogP contribution in [-0.4, -0.2) is 86.3 Å². The van der Waals surface area contributed by atoms with E-state index < -0.39 is 0 Å². The lowest BCUT2D eigenvalue weighted by Gasteiger charge is -2.35. The third kappa shape index (κ3) is 10.8. The Labute approximate surface area is 252 Å². The van der Waals surface area contributed by atoms with Crippen molar-refractivity contribution in [2.24, 2.45) is 10.9 Å². The molecule has 1 aliphatic carbocycles. The van der Waals surface area contributed by atoms with E-state index in [0.29, 0.717) is 32.4 Å². The van der Waals surface area contributed by atoms with Gasteiger partial charge in [-0.15, -0.1) is 11.6 Å². The Hall–Kier alpha value is -2.29. The summed E-state index contributed by atoms with van der Waals surface area (Å²) < 4.78 is 11.2. The van der Waals surface area contributed by atoms with Crippen LogP contribution in [0.5, 0.6) is 5.75 Å². The number of phenols is 1. The highest BCUT2D eigenvalue weighted by atomic mass is 35.5. The number of unbranched alkanes of at least 4 members (excludes halogenated alkanes) is 3. The largest absolute Gasteiger partial charge is 0.507 e. The van der Waals surface area contributed by atoms with Gasteiger partial charge in [-0.25, -0.2) is 4.99 Å². The van der Waals surface area contributed by atoms with Crippen LogP contribution in [0.2, 0.25) is 0 Å². The molecule has 3 rings (SSSR count). The van der Waals surface area contributed by atoms with Crippen LogP contribution in [0.3, 0.4) is 0 Å². The summed E-state index contributed by atoms with van der Waals surface area (Å²) in [5.41, 5.74) is 2.78. The predicted octanol–water partition coefficient (Wildman–Crippen LogP) is 5.82. The van der Waals surface area contributed by atoms with Gasteiger partial charge in [-0.3, -0.25) is 4.79 Å². The first-order valence-corrected chi connectivity index (χ1v) is 16.1. The number of rotatable bonds is 18. The van der Waals surface area contributed by atoms with Crippen LogP contribution in [0.15, 0.2) is 28.9 Å². The Morgan fingerprint density at radius 1 is 1.07 bits per heavy atom. The average Bonchev–Trinajstić information content (AvgIpc) is 3.35. The van der Waals surface area contributed by atoms with Gasteiger partial charge in [0.15, 0.2) is 0 Å². The van der Waals surface area contributed by atoms with Crippen LogP contribution >= 0.6 is 11.6 Å². The number of alkyl halides is 1. The van der Waals surface area contributed by atoms with E-state index in [-0.39, 0.29) is 17.6 Å². The molecule has 1 amide bonds. The lowest BCUT2D eigenvalue weighted by molar-refractivity contribution is -0.126. The molecule has 8 nitrogen and oxygen atoms in total. The number of hydrogen-bond donors (Lipinski definition) is 2. The molecule has 0 bridgehead atoms. The maximum Gasteiger partial charge on any atom is 0.223 e. The second kappa shape index (κ2) is 18.3. The Balaban J connectivity index is 1.32. The molecule has 1 saturated carbocycles. The minimum Gasteiger partial charge on any atom is -0.507 e. The first kappa shape index (κ1) is 33.2. The van der Waals surface area contributed by atoms with Crippen molar-refractivity contribution in [3.63, 3.8) is 0 Å². The number of carbonyl (C=O) groups excluding carboxylic acids is 1. The topological polar surface area (TPSA) is 86.6 Å². The molecule has 230 valence electrons. The van der Waals surface area contributed by atoms with E-state index in [4.69, 9.17) is 26.1 Å². The SMILES string of the molecule is CCN(CC)c1ccc(/C=C2/CN(C3CCC(C(=O)NCCOCCOCCCCCCCl)CC3)C(C)=N2)c(O)c1. The molecular formula is C32H51ClN4O4. The highest BCUT2D eigenvalue weighted by Crippen LogP contribution is 2.32. The van der Waals surface area contributed by atoms with Gasteiger partial charge in [0.2, 0.25) is 5.91 Å². The Morgan fingerprint density at radius 3 is 2.46 bits per heavy atom. The van der Waals surface area contributed by atoms with E-state index in [0.717, 1.165) is 106 Å². The van der Waals surface area contributed by atoms with Crippen molar-refractivity contribution in [1.29, 1.82) is 0 Å². The number of carbonyl (C=O) groups is 1. The van der Waals surface area contributed by atoms with Gasteiger partial charge in [-0.2, -0.15) is 0 Å². The smallest absolute Gasteiger partial charge is 0.223 e. The number of amides is 1. The fraction of sp³-hybridized carbons (Fsp3) is 0.688. The molecule has 0 saturated heterocycles. The molecule has 1 aromatic carbocycles. The number of phenolic OH excluding ortho intramolecular Hbond substituents is 1. The molecule has 1 aliphatic heterocycles. The molecule has 41 heavy (non-hydrogen) atoms. The first-order chi connectivity index (χ1) is 20.0. The summed E-state index contributed by atoms with van der Waals surface area (Å²) in [6.07, 6.45) is 10.2. The average molecular weight is 591 g/mol. The number of hydrogen-bond acceptors (Lipinski definition) is 7. The van der Waals surface area contributed by atoms with Gasteiger partial charge in [-0.05, 0) is 77.5 Å². The molecule has 9 heteroatoms. The number of halogens is 1. The van der Waals surface area contributed by atoms with Crippen LogP contribution in [0.4, 0.5) is 5.69 Å². The van der Waals surface area contributed by atoms with Crippen LogP contribution in [0.25, 0.3) is 6.08 Å². The highest BCUT2D eigenvalue weighted by Gasteiger charge is 2.32. The van der Waals surface area contributed by atoms with Gasteiger partial charge in [-0.1, -0.05) is 12.8 Å². The standard InChI is InChI=1S/C32H51ClN4O4/c1-4-36(5-2)30-15-12-27(31(38)23-30)22-28-24-37(25(3)35-28)29-13-10-26(11-14-29)32(39)34-17-19-41-21-20-40-18-9-7-6-8-16-33/h12,15,22-23,26,29,38H,4-11,13-14,16-21,24H2,1-3H3,(H,34,39)/b28-22-. The highest BCUT2D eigenvalue weighted by molar-refractivity contribution is 6.17. The summed E-state index contributed by atoms with van der Waals surface area (Å²) in [6.45, 7) is 11.8. The second-order valence-corrected chi connectivity index (χ2v) is 11.3. The Kier molecular flexibility index (Phi) is 14.8. The number of nitrogens with one attached hydrogen (secondary N) is 1. The summed E-state index contributed by atoms with van der Waals surface area (Å²) in [5.74, 6) is 2.22. The van der Waals surface area contributed by atoms with Crippen molar-refractivity contribution in [3.8, 4) is 5.75 Å². The summed E-state index contributed by atoms with van der Waals surface area (Å²) in [7, 11) is 0. The summed E-state index contributed by atoms with van der Waals surface area (Å²) in [4.78, 5) is 22.1. The van der Waals surface area contributed by atoms with E-state index in [9.17, 15) is 9.90 Å². The zero-order valence-electron chi connectivity index (χ0n) is 25.4. The zero-order chi connectivity index (χ0) is 29.5. The lowest BCUT2D eigenvalue weighted by atomic mass is 9.84. The number of nitrogens with zero attached hydrogens (tertiary/aromatic N) is 3. The van der Waals surface area contributed by atoms with Crippen LogP contribution in [0, 0.1) is 5.92 Å². The van der Waals surface area contributed by atoms with Gasteiger partial charge in [0, 0.05) is 61.4 Å². The summed E-state index contributed by atoms with van der Waals surface area (Å²) in [5, 5.41) is 13.7. The van der Waals surface area contributed by atoms with Crippen LogP contribution in [0.1, 0.15) is 77.7 Å². The van der Waals surface area contributed by atoms with Crippen molar-refractivity contribution in [1.82, 2.24) is 10.2 Å². The van der Waals surface area contributed by atoms with E-state index in [2.05, 4.69) is 42.0 Å². The molecule has 1 heterocycles. The van der Waals surface area contributed by atoms with Crippen molar-refractivity contribution in [2.75, 3.05) is 63.4 Å². The van der Waals surface area contributed by atoms with Crippen molar-refractivity contribution >= 4 is 35.1 Å². The minimum absolute atomic E-state index is 0.0597. The van der Waals surface area contributed by atoms with Crippen molar-refractivity contribution in [2.45, 2.75) is 78.2 Å². The molecule has 0 radical (unpaired) electrons. The van der Waals surface area contributed by atoms with Gasteiger partial charge in [0.1, 0.15) is 11.6 Å². The Bertz CT molecular complexity index is 990. The van der Waals surface area contributed by atoms with E-state index in [1.165, 1.54) is 0 Å². The number of benzene rings is 1. The van der Waals surface area contributed by atoms with Crippen molar-refractivity contribution < 1.29 is 19.4 Å². The molecule has 0 aromatic heterocycles. The van der Waals surface area contributed by atoms with Gasteiger partial charge in [0.25, 0.3) is 0 Å². The maximum absolute atomic E-state index is 12.7. The molecule has 2 aliphatic rings. The van der Waals surface area contributed by atoms with E-state index in [1.807, 2.05) is 18.2 Å². The molecule has 0 atom stereocenters. The van der Waals surface area contributed by atoms with E-state index in [1.54, 1.807) is 0 Å². The first-order valence-electron chi connectivity index (χ1n) is 15.6.